The Morgan fingerprint density at radius 3 is 2.50 bits per heavy atom. The molecule has 1 aliphatic heterocycles. The minimum Gasteiger partial charge on any atom is -0.490 e. The number of aliphatic carboxylic acids is 1. The smallest absolute Gasteiger partial charge is 0.414 e. The third kappa shape index (κ3) is 7.43. The molecule has 1 fully saturated rings. The average molecular weight is 519 g/mol. The van der Waals surface area contributed by atoms with Crippen molar-refractivity contribution in [3.8, 4) is 5.75 Å². The molecule has 1 heterocycles. The van der Waals surface area contributed by atoms with Gasteiger partial charge in [0.15, 0.2) is 6.10 Å². The van der Waals surface area contributed by atoms with Crippen LogP contribution in [0.25, 0.3) is 0 Å². The van der Waals surface area contributed by atoms with E-state index in [-0.39, 0.29) is 31.2 Å². The fourth-order valence-electron chi connectivity index (χ4n) is 3.58. The van der Waals surface area contributed by atoms with Gasteiger partial charge in [-0.15, -0.1) is 0 Å². The van der Waals surface area contributed by atoms with Gasteiger partial charge in [-0.25, -0.2) is 17.9 Å². The molecule has 0 bridgehead atoms. The molecule has 0 spiro atoms. The van der Waals surface area contributed by atoms with Crippen LogP contribution in [0.4, 0.5) is 10.5 Å². The van der Waals surface area contributed by atoms with Crippen molar-refractivity contribution in [3.05, 3.63) is 59.7 Å². The Balaban J connectivity index is 1.53. The number of nitrogens with zero attached hydrogens (tertiary/aromatic N) is 1. The number of sulfonamides is 1. The van der Waals surface area contributed by atoms with Gasteiger partial charge >= 0.3 is 12.1 Å². The number of carboxylic acid groups (broad SMARTS) is 1. The third-order valence-corrected chi connectivity index (χ3v) is 7.02. The number of carboxylic acids is 1. The second-order valence-electron chi connectivity index (χ2n) is 8.42. The van der Waals surface area contributed by atoms with E-state index in [1.807, 2.05) is 6.92 Å². The Labute approximate surface area is 209 Å². The summed E-state index contributed by atoms with van der Waals surface area (Å²) >= 11 is 0. The largest absolute Gasteiger partial charge is 0.490 e. The Morgan fingerprint density at radius 1 is 1.25 bits per heavy atom. The zero-order valence-electron chi connectivity index (χ0n) is 19.8. The molecule has 2 aromatic carbocycles. The van der Waals surface area contributed by atoms with Crippen LogP contribution in [0.3, 0.4) is 0 Å². The normalized spacial score (nSPS) is 16.4. The summed E-state index contributed by atoms with van der Waals surface area (Å²) in [5.41, 5.74) is 7.26. The maximum Gasteiger partial charge on any atom is 0.414 e. The van der Waals surface area contributed by atoms with Gasteiger partial charge in [0.1, 0.15) is 24.2 Å². The van der Waals surface area contributed by atoms with Crippen LogP contribution in [0.2, 0.25) is 0 Å². The molecule has 1 aliphatic rings. The zero-order chi connectivity index (χ0) is 26.3. The summed E-state index contributed by atoms with van der Waals surface area (Å²) in [4.78, 5) is 25.3. The first-order chi connectivity index (χ1) is 17.1. The number of unbranched alkanes of at least 4 members (excludes halogenated alkanes) is 1. The van der Waals surface area contributed by atoms with Crippen LogP contribution >= 0.6 is 0 Å². The molecular weight excluding hydrogens is 488 g/mol. The molecule has 1 saturated heterocycles. The van der Waals surface area contributed by atoms with E-state index in [1.165, 1.54) is 4.90 Å². The number of rotatable bonds is 13. The second-order valence-corrected chi connectivity index (χ2v) is 10.3. The van der Waals surface area contributed by atoms with E-state index in [4.69, 9.17) is 20.6 Å². The van der Waals surface area contributed by atoms with Crippen molar-refractivity contribution >= 4 is 33.6 Å². The maximum atomic E-state index is 12.3. The monoisotopic (exact) mass is 518 g/mol. The summed E-state index contributed by atoms with van der Waals surface area (Å²) in [7, 11) is -3.69. The highest BCUT2D eigenvalue weighted by Crippen LogP contribution is 2.23. The quantitative estimate of drug-likeness (QED) is 0.230. The lowest BCUT2D eigenvalue weighted by Crippen LogP contribution is -2.43. The number of anilines is 1. The van der Waals surface area contributed by atoms with Gasteiger partial charge in [0.25, 0.3) is 0 Å². The van der Waals surface area contributed by atoms with Gasteiger partial charge < -0.3 is 20.3 Å². The molecule has 5 N–H and O–H groups in total. The lowest BCUT2D eigenvalue weighted by atomic mass is 10.1. The summed E-state index contributed by atoms with van der Waals surface area (Å²) in [5.74, 6) is -0.935. The maximum absolute atomic E-state index is 12.3. The van der Waals surface area contributed by atoms with Crippen molar-refractivity contribution in [2.45, 2.75) is 38.3 Å². The number of ether oxygens (including phenoxy) is 2. The molecule has 0 aromatic heterocycles. The molecule has 0 aliphatic carbocycles. The number of nitrogens with two attached hydrogens (primary N) is 1. The van der Waals surface area contributed by atoms with Gasteiger partial charge in [0.05, 0.1) is 12.3 Å². The highest BCUT2D eigenvalue weighted by molar-refractivity contribution is 7.89. The van der Waals surface area contributed by atoms with E-state index in [2.05, 4.69) is 4.72 Å². The minimum absolute atomic E-state index is 0.0153. The fourth-order valence-corrected chi connectivity index (χ4v) is 4.98. The third-order valence-electron chi connectivity index (χ3n) is 5.55. The SMILES string of the molecule is CCCCS(=O)(=O)NC(Cc1ccc(OCC2CN(c3ccc(C(=N)N)cc3)C(=O)O2)cc1)C(=O)O. The van der Waals surface area contributed by atoms with Gasteiger partial charge in [0, 0.05) is 11.3 Å². The van der Waals surface area contributed by atoms with Crippen LogP contribution in [0.1, 0.15) is 30.9 Å². The number of carbonyl (C=O) groups excluding carboxylic acids is 1. The van der Waals surface area contributed by atoms with Crippen LogP contribution in [0.5, 0.6) is 5.75 Å². The van der Waals surface area contributed by atoms with E-state index in [1.54, 1.807) is 48.5 Å². The fraction of sp³-hybridized carbons (Fsp3) is 0.375. The number of hydrogen-bond acceptors (Lipinski definition) is 7. The van der Waals surface area contributed by atoms with Crippen molar-refractivity contribution < 1.29 is 32.6 Å². The summed E-state index contributed by atoms with van der Waals surface area (Å²) in [6.45, 7) is 2.26. The van der Waals surface area contributed by atoms with E-state index < -0.39 is 34.2 Å². The molecular formula is C24H30N4O7S. The first kappa shape index (κ1) is 27.0. The van der Waals surface area contributed by atoms with Gasteiger partial charge in [-0.1, -0.05) is 25.5 Å². The number of carbonyl (C=O) groups is 2. The highest BCUT2D eigenvalue weighted by Gasteiger charge is 2.33. The van der Waals surface area contributed by atoms with Crippen molar-refractivity contribution in [2.24, 2.45) is 5.73 Å². The lowest BCUT2D eigenvalue weighted by Gasteiger charge is -2.15. The number of cyclic esters (lactones) is 1. The predicted octanol–water partition coefficient (Wildman–Crippen LogP) is 2.09. The summed E-state index contributed by atoms with van der Waals surface area (Å²) in [6.07, 6.45) is 0.119. The van der Waals surface area contributed by atoms with E-state index in [0.717, 1.165) is 0 Å². The number of nitrogens with one attached hydrogen (secondary N) is 2. The predicted molar refractivity (Wildman–Crippen MR) is 134 cm³/mol. The first-order valence-electron chi connectivity index (χ1n) is 11.4. The van der Waals surface area contributed by atoms with Gasteiger partial charge in [-0.3, -0.25) is 15.1 Å². The van der Waals surface area contributed by atoms with Gasteiger partial charge in [-0.05, 0) is 54.8 Å². The molecule has 194 valence electrons. The lowest BCUT2D eigenvalue weighted by molar-refractivity contribution is -0.138. The Bertz CT molecular complexity index is 1180. The van der Waals surface area contributed by atoms with Crippen molar-refractivity contribution in [1.82, 2.24) is 4.72 Å². The van der Waals surface area contributed by atoms with Crippen molar-refractivity contribution in [1.29, 1.82) is 5.41 Å². The summed E-state index contributed by atoms with van der Waals surface area (Å²) < 4.78 is 37.5. The first-order valence-corrected chi connectivity index (χ1v) is 13.1. The van der Waals surface area contributed by atoms with Gasteiger partial charge in [0.2, 0.25) is 10.0 Å². The van der Waals surface area contributed by atoms with Crippen molar-refractivity contribution in [2.75, 3.05) is 23.8 Å². The number of benzene rings is 2. The Kier molecular flexibility index (Phi) is 8.88. The summed E-state index contributed by atoms with van der Waals surface area (Å²) in [6, 6.07) is 12.0. The zero-order valence-corrected chi connectivity index (χ0v) is 20.7. The topological polar surface area (TPSA) is 172 Å². The van der Waals surface area contributed by atoms with Crippen molar-refractivity contribution in [3.63, 3.8) is 0 Å². The molecule has 2 unspecified atom stereocenters. The summed E-state index contributed by atoms with van der Waals surface area (Å²) in [5, 5.41) is 16.9. The van der Waals surface area contributed by atoms with Crippen LogP contribution in [-0.4, -0.2) is 62.5 Å². The number of amidine groups is 1. The van der Waals surface area contributed by atoms with Gasteiger partial charge in [-0.2, -0.15) is 0 Å². The second kappa shape index (κ2) is 11.9. The molecule has 0 radical (unpaired) electrons. The molecule has 12 heteroatoms. The molecule has 11 nitrogen and oxygen atoms in total. The molecule has 0 saturated carbocycles. The standard InChI is InChI=1S/C24H30N4O7S/c1-2-3-12-36(32,33)27-21(23(29)30)13-16-4-10-19(11-5-16)34-15-20-14-28(24(31)35-20)18-8-6-17(7-9-18)22(25)26/h4-11,20-21,27H,2-3,12-15H2,1H3,(H3,25,26)(H,29,30). The minimum atomic E-state index is -3.69. The molecule has 36 heavy (non-hydrogen) atoms. The number of hydrogen-bond donors (Lipinski definition) is 4. The molecule has 3 rings (SSSR count). The Morgan fingerprint density at radius 2 is 1.92 bits per heavy atom. The van der Waals surface area contributed by atoms with E-state index >= 15 is 0 Å². The van der Waals surface area contributed by atoms with Crippen LogP contribution in [-0.2, 0) is 26.0 Å². The highest BCUT2D eigenvalue weighted by atomic mass is 32.2. The number of amides is 1. The average Bonchev–Trinajstić information content (AvgIpc) is 3.22. The van der Waals surface area contributed by atoms with Crippen LogP contribution < -0.4 is 20.1 Å². The Hall–Kier alpha value is -3.64. The molecule has 1 amide bonds. The van der Waals surface area contributed by atoms with E-state index in [9.17, 15) is 23.1 Å². The van der Waals surface area contributed by atoms with Crippen LogP contribution in [0, 0.1) is 5.41 Å². The number of nitrogen functional groups attached to an aromatic ring is 1. The van der Waals surface area contributed by atoms with E-state index in [0.29, 0.717) is 35.4 Å². The van der Waals surface area contributed by atoms with Crippen LogP contribution in [0.15, 0.2) is 48.5 Å². The molecule has 2 atom stereocenters. The molecule has 2 aromatic rings.